The quantitative estimate of drug-likeness (QED) is 0.227. The van der Waals surface area contributed by atoms with Crippen LogP contribution in [0.4, 0.5) is 0 Å². The van der Waals surface area contributed by atoms with Crippen molar-refractivity contribution in [2.45, 2.75) is 103 Å². The number of unbranched alkanes of at least 4 members (excludes halogenated alkanes) is 9. The van der Waals surface area contributed by atoms with E-state index in [-0.39, 0.29) is 6.42 Å². The van der Waals surface area contributed by atoms with Crippen LogP contribution in [0.2, 0.25) is 0 Å². The Morgan fingerprint density at radius 3 is 2.00 bits per heavy atom. The van der Waals surface area contributed by atoms with E-state index in [1.165, 1.54) is 38.5 Å². The summed E-state index contributed by atoms with van der Waals surface area (Å²) in [5.41, 5.74) is 0. The van der Waals surface area contributed by atoms with Crippen molar-refractivity contribution in [2.75, 3.05) is 0 Å². The lowest BCUT2D eigenvalue weighted by atomic mass is 9.95. The Kier molecular flexibility index (Phi) is 16.6. The molecule has 2 N–H and O–H groups in total. The number of carboxylic acids is 2. The van der Waals surface area contributed by atoms with Crippen LogP contribution in [-0.4, -0.2) is 22.2 Å². The number of carbonyl (C=O) groups is 2. The van der Waals surface area contributed by atoms with Crippen molar-refractivity contribution in [3.63, 3.8) is 0 Å². The maximum atomic E-state index is 10.8. The highest BCUT2D eigenvalue weighted by Crippen LogP contribution is 2.19. The van der Waals surface area contributed by atoms with Crippen LogP contribution in [0.25, 0.3) is 0 Å². The van der Waals surface area contributed by atoms with Gasteiger partial charge in [0.25, 0.3) is 0 Å². The van der Waals surface area contributed by atoms with E-state index in [0.717, 1.165) is 44.9 Å². The first-order valence-corrected chi connectivity index (χ1v) is 10.2. The number of aliphatic carboxylic acids is 2. The Bertz CT molecular complexity index is 363. The third-order valence-electron chi connectivity index (χ3n) is 4.58. The molecule has 25 heavy (non-hydrogen) atoms. The average molecular weight is 355 g/mol. The third kappa shape index (κ3) is 18.9. The van der Waals surface area contributed by atoms with Gasteiger partial charge in [-0.05, 0) is 38.0 Å². The molecule has 0 aromatic heterocycles. The maximum Gasteiger partial charge on any atom is 0.303 e. The van der Waals surface area contributed by atoms with Gasteiger partial charge in [0.05, 0.1) is 0 Å². The minimum Gasteiger partial charge on any atom is -0.481 e. The van der Waals surface area contributed by atoms with Crippen molar-refractivity contribution in [1.82, 2.24) is 0 Å². The van der Waals surface area contributed by atoms with Crippen LogP contribution < -0.4 is 0 Å². The zero-order chi connectivity index (χ0) is 18.8. The molecule has 0 rings (SSSR count). The van der Waals surface area contributed by atoms with E-state index in [1.54, 1.807) is 0 Å². The molecular formula is C21H38O4. The second-order valence-corrected chi connectivity index (χ2v) is 7.02. The molecule has 0 aliphatic rings. The lowest BCUT2D eigenvalue weighted by Gasteiger charge is -2.11. The molecule has 0 aromatic carbocycles. The van der Waals surface area contributed by atoms with Crippen LogP contribution in [0, 0.1) is 5.92 Å². The molecule has 0 heterocycles. The molecule has 1 atom stereocenters. The molecule has 0 amide bonds. The van der Waals surface area contributed by atoms with E-state index >= 15 is 0 Å². The molecule has 0 bridgehead atoms. The summed E-state index contributed by atoms with van der Waals surface area (Å²) in [5.74, 6) is -0.990. The van der Waals surface area contributed by atoms with Gasteiger partial charge in [-0.1, -0.05) is 70.4 Å². The minimum absolute atomic E-state index is 0.263. The fourth-order valence-corrected chi connectivity index (χ4v) is 3.01. The van der Waals surface area contributed by atoms with E-state index in [0.29, 0.717) is 12.3 Å². The van der Waals surface area contributed by atoms with Gasteiger partial charge in [-0.25, -0.2) is 0 Å². The molecule has 146 valence electrons. The van der Waals surface area contributed by atoms with Crippen LogP contribution in [0.3, 0.4) is 0 Å². The zero-order valence-electron chi connectivity index (χ0n) is 16.0. The minimum atomic E-state index is -0.699. The van der Waals surface area contributed by atoms with Gasteiger partial charge in [-0.2, -0.15) is 0 Å². The first-order chi connectivity index (χ1) is 12.1. The molecular weight excluding hydrogens is 316 g/mol. The van der Waals surface area contributed by atoms with Gasteiger partial charge < -0.3 is 10.2 Å². The highest BCUT2D eigenvalue weighted by molar-refractivity contribution is 5.66. The van der Waals surface area contributed by atoms with Gasteiger partial charge in [0.1, 0.15) is 0 Å². The third-order valence-corrected chi connectivity index (χ3v) is 4.58. The van der Waals surface area contributed by atoms with Crippen molar-refractivity contribution in [1.29, 1.82) is 0 Å². The second-order valence-electron chi connectivity index (χ2n) is 7.02. The molecule has 0 aliphatic carbocycles. The normalized spacial score (nSPS) is 12.5. The molecule has 0 radical (unpaired) electrons. The Morgan fingerprint density at radius 2 is 1.36 bits per heavy atom. The monoisotopic (exact) mass is 354 g/mol. The van der Waals surface area contributed by atoms with E-state index in [9.17, 15) is 9.59 Å². The predicted molar refractivity (Wildman–Crippen MR) is 103 cm³/mol. The maximum absolute atomic E-state index is 10.8. The van der Waals surface area contributed by atoms with Crippen molar-refractivity contribution >= 4 is 11.9 Å². The van der Waals surface area contributed by atoms with E-state index in [1.807, 2.05) is 0 Å². The Morgan fingerprint density at radius 1 is 0.760 bits per heavy atom. The summed E-state index contributed by atoms with van der Waals surface area (Å²) in [6.07, 6.45) is 19.3. The first-order valence-electron chi connectivity index (χ1n) is 10.2. The van der Waals surface area contributed by atoms with E-state index < -0.39 is 11.9 Å². The van der Waals surface area contributed by atoms with Crippen molar-refractivity contribution in [3.05, 3.63) is 12.2 Å². The molecule has 0 aliphatic heterocycles. The fourth-order valence-electron chi connectivity index (χ4n) is 3.01. The molecule has 0 saturated heterocycles. The lowest BCUT2D eigenvalue weighted by molar-refractivity contribution is -0.138. The Hall–Kier alpha value is -1.32. The lowest BCUT2D eigenvalue weighted by Crippen LogP contribution is -2.02. The number of hydrogen-bond donors (Lipinski definition) is 2. The fraction of sp³-hybridized carbons (Fsp3) is 0.810. The number of rotatable bonds is 18. The largest absolute Gasteiger partial charge is 0.481 e. The molecule has 4 heteroatoms. The summed E-state index contributed by atoms with van der Waals surface area (Å²) in [4.78, 5) is 21.2. The van der Waals surface area contributed by atoms with Crippen LogP contribution >= 0.6 is 0 Å². The summed E-state index contributed by atoms with van der Waals surface area (Å²) in [7, 11) is 0. The zero-order valence-corrected chi connectivity index (χ0v) is 16.0. The topological polar surface area (TPSA) is 74.6 Å². The molecule has 0 spiro atoms. The van der Waals surface area contributed by atoms with Crippen LogP contribution in [0.1, 0.15) is 103 Å². The van der Waals surface area contributed by atoms with Gasteiger partial charge >= 0.3 is 11.9 Å². The van der Waals surface area contributed by atoms with Crippen LogP contribution in [0.15, 0.2) is 12.2 Å². The van der Waals surface area contributed by atoms with E-state index in [4.69, 9.17) is 10.2 Å². The van der Waals surface area contributed by atoms with Gasteiger partial charge in [-0.3, -0.25) is 9.59 Å². The molecule has 0 saturated carbocycles. The van der Waals surface area contributed by atoms with Gasteiger partial charge in [0.2, 0.25) is 0 Å². The smallest absolute Gasteiger partial charge is 0.303 e. The van der Waals surface area contributed by atoms with Crippen LogP contribution in [0.5, 0.6) is 0 Å². The van der Waals surface area contributed by atoms with Gasteiger partial charge in [0, 0.05) is 12.8 Å². The summed E-state index contributed by atoms with van der Waals surface area (Å²) in [6.45, 7) is 2.20. The van der Waals surface area contributed by atoms with Gasteiger partial charge in [0.15, 0.2) is 0 Å². The van der Waals surface area contributed by atoms with E-state index in [2.05, 4.69) is 19.1 Å². The summed E-state index contributed by atoms with van der Waals surface area (Å²) in [5, 5.41) is 17.4. The molecule has 4 nitrogen and oxygen atoms in total. The Balaban J connectivity index is 3.76. The number of carboxylic acid groups (broad SMARTS) is 2. The molecule has 0 aromatic rings. The van der Waals surface area contributed by atoms with Crippen LogP contribution in [-0.2, 0) is 9.59 Å². The second kappa shape index (κ2) is 17.5. The van der Waals surface area contributed by atoms with Crippen molar-refractivity contribution in [3.8, 4) is 0 Å². The van der Waals surface area contributed by atoms with Crippen molar-refractivity contribution in [2.24, 2.45) is 5.92 Å². The summed E-state index contributed by atoms with van der Waals surface area (Å²) >= 11 is 0. The number of hydrogen-bond acceptors (Lipinski definition) is 2. The Labute approximate surface area is 153 Å². The number of allylic oxidation sites excluding steroid dienone is 2. The highest BCUT2D eigenvalue weighted by atomic mass is 16.4. The summed E-state index contributed by atoms with van der Waals surface area (Å²) < 4.78 is 0. The van der Waals surface area contributed by atoms with Gasteiger partial charge in [-0.15, -0.1) is 0 Å². The molecule has 0 fully saturated rings. The molecule has 1 unspecified atom stereocenters. The standard InChI is InChI=1S/C21H38O4/c1-2-3-4-11-14-19(17-18-21(24)25)15-12-9-7-5-6-8-10-13-16-20(22)23/h12,15,19H,2-11,13-14,16-18H2,1H3,(H,22,23)(H,24,25). The predicted octanol–water partition coefficient (Wildman–Crippen LogP) is 6.20. The average Bonchev–Trinajstić information content (AvgIpc) is 2.56. The SMILES string of the molecule is CCCCCCC(C=CCCCCCCCCC(=O)O)CCC(=O)O. The highest BCUT2D eigenvalue weighted by Gasteiger charge is 2.07. The van der Waals surface area contributed by atoms with Crippen molar-refractivity contribution < 1.29 is 19.8 Å². The first kappa shape index (κ1) is 23.7. The summed E-state index contributed by atoms with van der Waals surface area (Å²) in [6, 6.07) is 0.